The van der Waals surface area contributed by atoms with Gasteiger partial charge in [0.25, 0.3) is 0 Å². The standard InChI is InChI=1S/C12H22N2O3/c1-9(2)7-14(8-11(15)16)12(17)10-5-3-4-6-13-10/h9-10,13H,3-8H2,1-2H3,(H,15,16). The normalized spacial score (nSPS) is 20.3. The van der Waals surface area contributed by atoms with E-state index in [0.717, 1.165) is 25.8 Å². The monoisotopic (exact) mass is 242 g/mol. The van der Waals surface area contributed by atoms with E-state index < -0.39 is 5.97 Å². The van der Waals surface area contributed by atoms with E-state index in [9.17, 15) is 9.59 Å². The van der Waals surface area contributed by atoms with Gasteiger partial charge >= 0.3 is 5.97 Å². The van der Waals surface area contributed by atoms with Crippen LogP contribution in [0.4, 0.5) is 0 Å². The molecule has 98 valence electrons. The number of nitrogens with zero attached hydrogens (tertiary/aromatic N) is 1. The molecule has 0 spiro atoms. The summed E-state index contributed by atoms with van der Waals surface area (Å²) in [6, 6.07) is -0.193. The highest BCUT2D eigenvalue weighted by atomic mass is 16.4. The minimum atomic E-state index is -0.949. The number of hydrogen-bond donors (Lipinski definition) is 2. The number of carbonyl (C=O) groups excluding carboxylic acids is 1. The highest BCUT2D eigenvalue weighted by molar-refractivity contribution is 5.85. The molecular formula is C12H22N2O3. The van der Waals surface area contributed by atoms with Crippen LogP contribution in [0.15, 0.2) is 0 Å². The SMILES string of the molecule is CC(C)CN(CC(=O)O)C(=O)C1CCCCN1. The fraction of sp³-hybridized carbons (Fsp3) is 0.833. The van der Waals surface area contributed by atoms with Crippen LogP contribution in [0.5, 0.6) is 0 Å². The van der Waals surface area contributed by atoms with Crippen LogP contribution in [0.1, 0.15) is 33.1 Å². The van der Waals surface area contributed by atoms with Crippen molar-refractivity contribution in [3.05, 3.63) is 0 Å². The molecule has 1 aliphatic heterocycles. The predicted octanol–water partition coefficient (Wildman–Crippen LogP) is 0.698. The molecule has 5 nitrogen and oxygen atoms in total. The third kappa shape index (κ3) is 4.73. The lowest BCUT2D eigenvalue weighted by Gasteiger charge is -2.30. The lowest BCUT2D eigenvalue weighted by Crippen LogP contribution is -2.50. The summed E-state index contributed by atoms with van der Waals surface area (Å²) in [6.45, 7) is 5.12. The Morgan fingerprint density at radius 2 is 2.12 bits per heavy atom. The first-order valence-electron chi connectivity index (χ1n) is 6.24. The maximum atomic E-state index is 12.2. The molecule has 2 N–H and O–H groups in total. The van der Waals surface area contributed by atoms with Crippen molar-refractivity contribution in [1.29, 1.82) is 0 Å². The van der Waals surface area contributed by atoms with Crippen molar-refractivity contribution in [3.8, 4) is 0 Å². The van der Waals surface area contributed by atoms with Gasteiger partial charge in [-0.3, -0.25) is 9.59 Å². The maximum Gasteiger partial charge on any atom is 0.323 e. The van der Waals surface area contributed by atoms with Gasteiger partial charge in [-0.25, -0.2) is 0 Å². The molecule has 0 bridgehead atoms. The summed E-state index contributed by atoms with van der Waals surface area (Å²) in [7, 11) is 0. The molecule has 1 amide bonds. The third-order valence-corrected chi connectivity index (χ3v) is 2.83. The molecule has 5 heteroatoms. The molecule has 1 saturated heterocycles. The van der Waals surface area contributed by atoms with E-state index in [2.05, 4.69) is 5.32 Å². The Bertz CT molecular complexity index is 273. The van der Waals surface area contributed by atoms with Crippen LogP contribution >= 0.6 is 0 Å². The topological polar surface area (TPSA) is 69.6 Å². The average Bonchev–Trinajstić information content (AvgIpc) is 2.27. The predicted molar refractivity (Wildman–Crippen MR) is 64.7 cm³/mol. The Morgan fingerprint density at radius 3 is 2.59 bits per heavy atom. The first-order valence-corrected chi connectivity index (χ1v) is 6.24. The van der Waals surface area contributed by atoms with Crippen molar-refractivity contribution in [2.45, 2.75) is 39.2 Å². The van der Waals surface area contributed by atoms with Gasteiger partial charge in [0, 0.05) is 6.54 Å². The van der Waals surface area contributed by atoms with Crippen molar-refractivity contribution >= 4 is 11.9 Å². The lowest BCUT2D eigenvalue weighted by molar-refractivity contribution is -0.146. The second-order valence-electron chi connectivity index (χ2n) is 5.01. The fourth-order valence-electron chi connectivity index (χ4n) is 2.12. The molecular weight excluding hydrogens is 220 g/mol. The molecule has 0 radical (unpaired) electrons. The van der Waals surface area contributed by atoms with Crippen molar-refractivity contribution < 1.29 is 14.7 Å². The summed E-state index contributed by atoms with van der Waals surface area (Å²) in [5.74, 6) is -0.738. The molecule has 1 fully saturated rings. The molecule has 17 heavy (non-hydrogen) atoms. The van der Waals surface area contributed by atoms with Gasteiger partial charge in [0.2, 0.25) is 5.91 Å². The van der Waals surface area contributed by atoms with E-state index in [1.807, 2.05) is 13.8 Å². The summed E-state index contributed by atoms with van der Waals surface area (Å²) >= 11 is 0. The van der Waals surface area contributed by atoms with Gasteiger partial charge in [-0.1, -0.05) is 20.3 Å². The molecule has 0 aliphatic carbocycles. The second-order valence-corrected chi connectivity index (χ2v) is 5.01. The van der Waals surface area contributed by atoms with Gasteiger partial charge in [-0.05, 0) is 25.3 Å². The molecule has 0 aromatic heterocycles. The van der Waals surface area contributed by atoms with Crippen LogP contribution in [0, 0.1) is 5.92 Å². The van der Waals surface area contributed by atoms with Gasteiger partial charge in [-0.15, -0.1) is 0 Å². The van der Waals surface area contributed by atoms with E-state index in [-0.39, 0.29) is 24.4 Å². The number of aliphatic carboxylic acids is 1. The Labute approximate surface area is 102 Å². The summed E-state index contributed by atoms with van der Waals surface area (Å²) in [5, 5.41) is 12.0. The van der Waals surface area contributed by atoms with E-state index in [4.69, 9.17) is 5.11 Å². The number of rotatable bonds is 5. The summed E-state index contributed by atoms with van der Waals surface area (Å²) in [5.41, 5.74) is 0. The zero-order valence-corrected chi connectivity index (χ0v) is 10.6. The molecule has 1 heterocycles. The van der Waals surface area contributed by atoms with Crippen molar-refractivity contribution in [2.75, 3.05) is 19.6 Å². The summed E-state index contributed by atoms with van der Waals surface area (Å²) < 4.78 is 0. The Balaban J connectivity index is 2.60. The average molecular weight is 242 g/mol. The zero-order chi connectivity index (χ0) is 12.8. The number of carbonyl (C=O) groups is 2. The second kappa shape index (κ2) is 6.59. The first-order chi connectivity index (χ1) is 8.00. The highest BCUT2D eigenvalue weighted by Crippen LogP contribution is 2.11. The van der Waals surface area contributed by atoms with E-state index in [1.54, 1.807) is 0 Å². The molecule has 1 aliphatic rings. The van der Waals surface area contributed by atoms with Crippen LogP contribution in [-0.2, 0) is 9.59 Å². The number of carboxylic acids is 1. The van der Waals surface area contributed by atoms with E-state index >= 15 is 0 Å². The Morgan fingerprint density at radius 1 is 1.41 bits per heavy atom. The number of carboxylic acid groups (broad SMARTS) is 1. The molecule has 1 unspecified atom stereocenters. The van der Waals surface area contributed by atoms with Crippen molar-refractivity contribution in [1.82, 2.24) is 10.2 Å². The first kappa shape index (κ1) is 14.0. The Hall–Kier alpha value is -1.10. The quantitative estimate of drug-likeness (QED) is 0.744. The van der Waals surface area contributed by atoms with E-state index in [1.165, 1.54) is 4.90 Å². The van der Waals surface area contributed by atoms with Gasteiger partial charge < -0.3 is 15.3 Å². The number of amides is 1. The summed E-state index contributed by atoms with van der Waals surface area (Å²) in [6.07, 6.45) is 2.94. The number of hydrogen-bond acceptors (Lipinski definition) is 3. The van der Waals surface area contributed by atoms with Gasteiger partial charge in [-0.2, -0.15) is 0 Å². The van der Waals surface area contributed by atoms with Crippen LogP contribution < -0.4 is 5.32 Å². The van der Waals surface area contributed by atoms with Gasteiger partial charge in [0.1, 0.15) is 6.54 Å². The number of piperidine rings is 1. The Kier molecular flexibility index (Phi) is 5.41. The maximum absolute atomic E-state index is 12.2. The largest absolute Gasteiger partial charge is 0.480 e. The minimum Gasteiger partial charge on any atom is -0.480 e. The number of nitrogens with one attached hydrogen (secondary N) is 1. The highest BCUT2D eigenvalue weighted by Gasteiger charge is 2.27. The lowest BCUT2D eigenvalue weighted by atomic mass is 10.0. The molecule has 0 aromatic rings. The van der Waals surface area contributed by atoms with Crippen LogP contribution in [0.2, 0.25) is 0 Å². The third-order valence-electron chi connectivity index (χ3n) is 2.83. The smallest absolute Gasteiger partial charge is 0.323 e. The van der Waals surface area contributed by atoms with Gasteiger partial charge in [0.05, 0.1) is 6.04 Å². The zero-order valence-electron chi connectivity index (χ0n) is 10.6. The van der Waals surface area contributed by atoms with Crippen LogP contribution in [0.25, 0.3) is 0 Å². The molecule has 1 atom stereocenters. The summed E-state index contributed by atoms with van der Waals surface area (Å²) in [4.78, 5) is 24.4. The van der Waals surface area contributed by atoms with Gasteiger partial charge in [0.15, 0.2) is 0 Å². The minimum absolute atomic E-state index is 0.0687. The molecule has 0 saturated carbocycles. The molecule has 0 aromatic carbocycles. The van der Waals surface area contributed by atoms with Crippen molar-refractivity contribution in [2.24, 2.45) is 5.92 Å². The van der Waals surface area contributed by atoms with E-state index in [0.29, 0.717) is 6.54 Å². The van der Waals surface area contributed by atoms with Crippen LogP contribution in [0.3, 0.4) is 0 Å². The van der Waals surface area contributed by atoms with Crippen molar-refractivity contribution in [3.63, 3.8) is 0 Å². The fourth-order valence-corrected chi connectivity index (χ4v) is 2.12. The molecule has 1 rings (SSSR count). The van der Waals surface area contributed by atoms with Crippen LogP contribution in [-0.4, -0.2) is 47.6 Å².